The van der Waals surface area contributed by atoms with E-state index in [1.807, 2.05) is 55.5 Å². The summed E-state index contributed by atoms with van der Waals surface area (Å²) in [6, 6.07) is 24.5. The Kier molecular flexibility index (Phi) is 8.79. The van der Waals surface area contributed by atoms with Crippen LogP contribution in [-0.2, 0) is 17.8 Å². The molecule has 37 heavy (non-hydrogen) atoms. The lowest BCUT2D eigenvalue weighted by molar-refractivity contribution is -0.117. The highest BCUT2D eigenvalue weighted by atomic mass is 32.2. The molecular weight excluding hydrogens is 480 g/mol. The number of pyridine rings is 1. The van der Waals surface area contributed by atoms with Crippen molar-refractivity contribution in [2.45, 2.75) is 49.0 Å². The molecule has 1 aromatic heterocycles. The summed E-state index contributed by atoms with van der Waals surface area (Å²) in [4.78, 5) is 19.3. The number of thioether (sulfide) groups is 1. The minimum Gasteiger partial charge on any atom is -0.368 e. The van der Waals surface area contributed by atoms with E-state index in [0.29, 0.717) is 40.0 Å². The number of nitrogens with two attached hydrogens (primary N) is 1. The van der Waals surface area contributed by atoms with Crippen LogP contribution in [0, 0.1) is 22.7 Å². The molecule has 8 heteroatoms. The highest BCUT2D eigenvalue weighted by Gasteiger charge is 2.29. The van der Waals surface area contributed by atoms with Gasteiger partial charge in [-0.15, -0.1) is 0 Å². The predicted molar refractivity (Wildman–Crippen MR) is 146 cm³/mol. The van der Waals surface area contributed by atoms with E-state index >= 15 is 0 Å². The summed E-state index contributed by atoms with van der Waals surface area (Å²) in [5.74, 6) is 0.0785. The van der Waals surface area contributed by atoms with Gasteiger partial charge < -0.3 is 16.0 Å². The molecular formula is C29H30N6OS. The van der Waals surface area contributed by atoms with Gasteiger partial charge in [0.15, 0.2) is 0 Å². The maximum Gasteiger partial charge on any atom is 0.235 e. The second-order valence-corrected chi connectivity index (χ2v) is 10.1. The lowest BCUT2D eigenvalue weighted by Gasteiger charge is -2.34. The molecule has 1 unspecified atom stereocenters. The van der Waals surface area contributed by atoms with Crippen LogP contribution in [0.25, 0.3) is 0 Å². The van der Waals surface area contributed by atoms with Crippen molar-refractivity contribution in [2.24, 2.45) is 5.73 Å². The number of hydrogen-bond acceptors (Lipinski definition) is 7. The van der Waals surface area contributed by atoms with Crippen LogP contribution < -0.4 is 16.0 Å². The normalized spacial score (nSPS) is 14.5. The van der Waals surface area contributed by atoms with Gasteiger partial charge >= 0.3 is 0 Å². The molecule has 0 spiro atoms. The Morgan fingerprint density at radius 2 is 1.70 bits per heavy atom. The maximum atomic E-state index is 12.4. The first-order chi connectivity index (χ1) is 18.0. The number of benzene rings is 2. The average Bonchev–Trinajstić information content (AvgIpc) is 2.95. The number of nitriles is 2. The van der Waals surface area contributed by atoms with Crippen LogP contribution in [0.15, 0.2) is 65.7 Å². The minimum atomic E-state index is -0.695. The number of rotatable bonds is 9. The van der Waals surface area contributed by atoms with Crippen LogP contribution in [0.4, 0.5) is 5.82 Å². The Morgan fingerprint density at radius 1 is 1.08 bits per heavy atom. The number of primary amides is 1. The number of amides is 1. The quantitative estimate of drug-likeness (QED) is 0.408. The first-order valence-electron chi connectivity index (χ1n) is 12.5. The highest BCUT2D eigenvalue weighted by molar-refractivity contribution is 8.00. The Morgan fingerprint density at radius 3 is 2.27 bits per heavy atom. The average molecular weight is 511 g/mol. The van der Waals surface area contributed by atoms with Gasteiger partial charge in [0.05, 0.1) is 11.1 Å². The van der Waals surface area contributed by atoms with Gasteiger partial charge in [0.1, 0.15) is 28.2 Å². The summed E-state index contributed by atoms with van der Waals surface area (Å²) in [5.41, 5.74) is 9.21. The lowest BCUT2D eigenvalue weighted by atomic mass is 9.99. The molecule has 1 aliphatic heterocycles. The molecule has 1 fully saturated rings. The van der Waals surface area contributed by atoms with Gasteiger partial charge in [-0.3, -0.25) is 4.79 Å². The Bertz CT molecular complexity index is 1310. The van der Waals surface area contributed by atoms with E-state index in [4.69, 9.17) is 10.7 Å². The third-order valence-corrected chi connectivity index (χ3v) is 7.91. The van der Waals surface area contributed by atoms with Crippen LogP contribution in [0.5, 0.6) is 0 Å². The van der Waals surface area contributed by atoms with Gasteiger partial charge in [-0.1, -0.05) is 79.3 Å². The molecule has 3 N–H and O–H groups in total. The van der Waals surface area contributed by atoms with E-state index in [1.54, 1.807) is 0 Å². The van der Waals surface area contributed by atoms with Crippen LogP contribution in [0.2, 0.25) is 0 Å². The zero-order chi connectivity index (χ0) is 26.2. The molecule has 0 bridgehead atoms. The zero-order valence-electron chi connectivity index (χ0n) is 20.9. The van der Waals surface area contributed by atoms with Crippen molar-refractivity contribution in [1.29, 1.82) is 10.5 Å². The largest absolute Gasteiger partial charge is 0.368 e. The predicted octanol–water partition coefficient (Wildman–Crippen LogP) is 4.46. The van der Waals surface area contributed by atoms with E-state index in [1.165, 1.54) is 17.3 Å². The fourth-order valence-electron chi connectivity index (χ4n) is 4.68. The number of carbonyl (C=O) groups is 1. The number of hydrogen-bond donors (Lipinski definition) is 2. The van der Waals surface area contributed by atoms with E-state index < -0.39 is 11.2 Å². The van der Waals surface area contributed by atoms with E-state index in [-0.39, 0.29) is 0 Å². The molecule has 1 amide bonds. The SMILES string of the molecule is CCc1c(C#N)c(SC(C(N)=O)c2ccccc2)nc(N2CCC(NCc3ccccc3)CC2)c1C#N. The van der Waals surface area contributed by atoms with Crippen molar-refractivity contribution in [3.05, 3.63) is 88.5 Å². The van der Waals surface area contributed by atoms with Crippen molar-refractivity contribution in [3.8, 4) is 12.1 Å². The van der Waals surface area contributed by atoms with Gasteiger partial charge in [-0.05, 0) is 36.0 Å². The molecule has 0 aliphatic carbocycles. The van der Waals surface area contributed by atoms with Crippen molar-refractivity contribution in [2.75, 3.05) is 18.0 Å². The summed E-state index contributed by atoms with van der Waals surface area (Å²) in [7, 11) is 0. The van der Waals surface area contributed by atoms with E-state index in [0.717, 1.165) is 38.0 Å². The summed E-state index contributed by atoms with van der Waals surface area (Å²) >= 11 is 1.18. The van der Waals surface area contributed by atoms with Crippen LogP contribution in [0.3, 0.4) is 0 Å². The molecule has 1 aliphatic rings. The molecule has 4 rings (SSSR count). The number of nitrogens with one attached hydrogen (secondary N) is 1. The van der Waals surface area contributed by atoms with Crippen LogP contribution >= 0.6 is 11.8 Å². The number of carbonyl (C=O) groups excluding carboxylic acids is 1. The van der Waals surface area contributed by atoms with Crippen molar-refractivity contribution >= 4 is 23.5 Å². The highest BCUT2D eigenvalue weighted by Crippen LogP contribution is 2.39. The smallest absolute Gasteiger partial charge is 0.235 e. The third-order valence-electron chi connectivity index (χ3n) is 6.65. The molecule has 3 aromatic rings. The monoisotopic (exact) mass is 510 g/mol. The zero-order valence-corrected chi connectivity index (χ0v) is 21.7. The fraction of sp³-hybridized carbons (Fsp3) is 0.310. The minimum absolute atomic E-state index is 0.342. The first-order valence-corrected chi connectivity index (χ1v) is 13.3. The van der Waals surface area contributed by atoms with Crippen molar-refractivity contribution in [1.82, 2.24) is 10.3 Å². The lowest BCUT2D eigenvalue weighted by Crippen LogP contribution is -2.43. The molecule has 1 saturated heterocycles. The number of nitrogens with zero attached hydrogens (tertiary/aromatic N) is 4. The Hall–Kier alpha value is -3.85. The molecule has 0 saturated carbocycles. The number of anilines is 1. The molecule has 1 atom stereocenters. The van der Waals surface area contributed by atoms with Crippen molar-refractivity contribution in [3.63, 3.8) is 0 Å². The Labute approximate surface area is 222 Å². The summed E-state index contributed by atoms with van der Waals surface area (Å²) in [5, 5.41) is 23.5. The van der Waals surface area contributed by atoms with Crippen LogP contribution in [0.1, 0.15) is 52.8 Å². The van der Waals surface area contributed by atoms with Gasteiger partial charge in [-0.25, -0.2) is 4.98 Å². The van der Waals surface area contributed by atoms with Gasteiger partial charge in [0.2, 0.25) is 5.91 Å². The van der Waals surface area contributed by atoms with Gasteiger partial charge in [-0.2, -0.15) is 10.5 Å². The summed E-state index contributed by atoms with van der Waals surface area (Å²) in [6.45, 7) is 4.23. The molecule has 2 heterocycles. The van der Waals surface area contributed by atoms with E-state index in [9.17, 15) is 15.3 Å². The second kappa shape index (κ2) is 12.4. The van der Waals surface area contributed by atoms with Gasteiger partial charge in [0.25, 0.3) is 0 Å². The first kappa shape index (κ1) is 26.2. The fourth-order valence-corrected chi connectivity index (χ4v) is 5.74. The summed E-state index contributed by atoms with van der Waals surface area (Å²) < 4.78 is 0. The third kappa shape index (κ3) is 6.11. The van der Waals surface area contributed by atoms with Gasteiger partial charge in [0, 0.05) is 25.7 Å². The molecule has 2 aromatic carbocycles. The number of piperidine rings is 1. The second-order valence-electron chi connectivity index (χ2n) is 8.99. The maximum absolute atomic E-state index is 12.4. The topological polar surface area (TPSA) is 119 Å². The standard InChI is InChI=1S/C29H30N6OS/c1-2-23-24(17-30)28(35-15-13-22(14-16-35)33-19-20-9-5-3-6-10-20)34-29(25(23)18-31)37-26(27(32)36)21-11-7-4-8-12-21/h3-12,22,26,33H,2,13-16,19H2,1H3,(H2,32,36). The molecule has 0 radical (unpaired) electrons. The molecule has 7 nitrogen and oxygen atoms in total. The van der Waals surface area contributed by atoms with Crippen molar-refractivity contribution < 1.29 is 4.79 Å². The summed E-state index contributed by atoms with van der Waals surface area (Å²) in [6.07, 6.45) is 2.34. The van der Waals surface area contributed by atoms with E-state index in [2.05, 4.69) is 34.5 Å². The number of aromatic nitrogens is 1. The van der Waals surface area contributed by atoms with Crippen LogP contribution in [-0.4, -0.2) is 30.0 Å². The Balaban J connectivity index is 1.59. The molecule has 188 valence electrons.